The number of nitrogens with one attached hydrogen (secondary N) is 3. The van der Waals surface area contributed by atoms with Crippen LogP contribution in [0.25, 0.3) is 0 Å². The van der Waals surface area contributed by atoms with Crippen LogP contribution < -0.4 is 10.8 Å². The number of carbonyl (C=O) groups is 1. The molecule has 1 heterocycles. The van der Waals surface area contributed by atoms with E-state index in [-0.39, 0.29) is 11.9 Å². The number of rotatable bonds is 5. The predicted octanol–water partition coefficient (Wildman–Crippen LogP) is 3.39. The topological polar surface area (TPSA) is 95.3 Å². The van der Waals surface area contributed by atoms with Gasteiger partial charge in [0.1, 0.15) is 5.71 Å². The first-order chi connectivity index (χ1) is 13.2. The fourth-order valence-electron chi connectivity index (χ4n) is 2.57. The SMILES string of the molecule is Cc1ccc(NC(=O)C(=N)/C=C(\C=N)C(F)(F)F)cc1B1OC(C)(C)C(C)(C)O1. The highest BCUT2D eigenvalue weighted by Crippen LogP contribution is 2.36. The van der Waals surface area contributed by atoms with Crippen molar-refractivity contribution in [3.63, 3.8) is 0 Å². The van der Waals surface area contributed by atoms with Crippen molar-refractivity contribution in [2.45, 2.75) is 52.0 Å². The Morgan fingerprint density at radius 1 is 1.17 bits per heavy atom. The quantitative estimate of drug-likeness (QED) is 0.514. The summed E-state index contributed by atoms with van der Waals surface area (Å²) in [6.45, 7) is 9.47. The van der Waals surface area contributed by atoms with Crippen LogP contribution >= 0.6 is 0 Å². The van der Waals surface area contributed by atoms with Crippen LogP contribution in [0.4, 0.5) is 18.9 Å². The van der Waals surface area contributed by atoms with Crippen LogP contribution in [-0.4, -0.2) is 42.3 Å². The first-order valence-corrected chi connectivity index (χ1v) is 8.83. The largest absolute Gasteiger partial charge is 0.495 e. The van der Waals surface area contributed by atoms with Crippen molar-refractivity contribution >= 4 is 36.1 Å². The van der Waals surface area contributed by atoms with Crippen molar-refractivity contribution in [2.24, 2.45) is 0 Å². The molecular formula is C19H23BF3N3O3. The normalized spacial score (nSPS) is 18.5. The number of benzene rings is 1. The molecule has 1 saturated heterocycles. The van der Waals surface area contributed by atoms with Gasteiger partial charge in [0.2, 0.25) is 0 Å². The minimum atomic E-state index is -4.82. The second kappa shape index (κ2) is 7.76. The van der Waals surface area contributed by atoms with Gasteiger partial charge in [-0.05, 0) is 58.3 Å². The van der Waals surface area contributed by atoms with Crippen molar-refractivity contribution in [3.8, 4) is 0 Å². The van der Waals surface area contributed by atoms with Crippen LogP contribution in [0.15, 0.2) is 29.8 Å². The number of alkyl halides is 3. The molecule has 0 atom stereocenters. The van der Waals surface area contributed by atoms with E-state index in [0.29, 0.717) is 11.5 Å². The third-order valence-electron chi connectivity index (χ3n) is 5.07. The highest BCUT2D eigenvalue weighted by Gasteiger charge is 2.52. The Morgan fingerprint density at radius 3 is 2.21 bits per heavy atom. The number of halogens is 3. The van der Waals surface area contributed by atoms with Gasteiger partial charge in [0.25, 0.3) is 5.91 Å². The van der Waals surface area contributed by atoms with E-state index in [1.54, 1.807) is 18.2 Å². The van der Waals surface area contributed by atoms with E-state index in [2.05, 4.69) is 5.32 Å². The molecule has 0 bridgehead atoms. The molecule has 1 aliphatic heterocycles. The van der Waals surface area contributed by atoms with Crippen LogP contribution in [-0.2, 0) is 14.1 Å². The molecule has 2 rings (SSSR count). The third kappa shape index (κ3) is 4.94. The average Bonchev–Trinajstić information content (AvgIpc) is 2.80. The van der Waals surface area contributed by atoms with Gasteiger partial charge in [0.15, 0.2) is 0 Å². The summed E-state index contributed by atoms with van der Waals surface area (Å²) in [6, 6.07) is 4.89. The van der Waals surface area contributed by atoms with Crippen molar-refractivity contribution in [1.29, 1.82) is 10.8 Å². The highest BCUT2D eigenvalue weighted by molar-refractivity contribution is 6.62. The van der Waals surface area contributed by atoms with E-state index in [1.165, 1.54) is 0 Å². The van der Waals surface area contributed by atoms with E-state index >= 15 is 0 Å². The number of aryl methyl sites for hydroxylation is 1. The molecule has 1 aromatic rings. The minimum Gasteiger partial charge on any atom is -0.399 e. The van der Waals surface area contributed by atoms with Crippen LogP contribution in [0.3, 0.4) is 0 Å². The lowest BCUT2D eigenvalue weighted by Crippen LogP contribution is -2.41. The second-order valence-electron chi connectivity index (χ2n) is 7.77. The lowest BCUT2D eigenvalue weighted by molar-refractivity contribution is -0.110. The zero-order chi connectivity index (χ0) is 22.2. The van der Waals surface area contributed by atoms with Crippen LogP contribution in [0.5, 0.6) is 0 Å². The van der Waals surface area contributed by atoms with E-state index in [4.69, 9.17) is 20.1 Å². The van der Waals surface area contributed by atoms with E-state index in [0.717, 1.165) is 5.56 Å². The number of allylic oxidation sites excluding steroid dienone is 1. The Hall–Kier alpha value is -2.46. The summed E-state index contributed by atoms with van der Waals surface area (Å²) in [6.07, 6.45) is -4.45. The molecule has 0 spiro atoms. The summed E-state index contributed by atoms with van der Waals surface area (Å²) < 4.78 is 50.1. The molecule has 0 aliphatic carbocycles. The molecule has 1 amide bonds. The van der Waals surface area contributed by atoms with Crippen molar-refractivity contribution in [2.75, 3.05) is 5.32 Å². The van der Waals surface area contributed by atoms with Crippen LogP contribution in [0.2, 0.25) is 0 Å². The lowest BCUT2D eigenvalue weighted by atomic mass is 9.76. The average molecular weight is 409 g/mol. The fraction of sp³-hybridized carbons (Fsp3) is 0.421. The number of amides is 1. The molecular weight excluding hydrogens is 386 g/mol. The van der Waals surface area contributed by atoms with Gasteiger partial charge in [-0.25, -0.2) is 0 Å². The Labute approximate surface area is 167 Å². The molecule has 3 N–H and O–H groups in total. The Balaban J connectivity index is 2.22. The van der Waals surface area contributed by atoms with Crippen molar-refractivity contribution < 1.29 is 27.3 Å². The number of carbonyl (C=O) groups excluding carboxylic acids is 1. The maximum Gasteiger partial charge on any atom is 0.495 e. The van der Waals surface area contributed by atoms with E-state index in [9.17, 15) is 18.0 Å². The zero-order valence-electron chi connectivity index (χ0n) is 16.8. The minimum absolute atomic E-state index is 0.0596. The standard InChI is InChI=1S/C19H23BF3N3O3/c1-11-6-7-13(9-14(11)20-28-17(2,3)18(4,5)29-20)26-16(27)15(25)8-12(10-24)19(21,22)23/h6-10,24-25H,1-5H3,(H,26,27)/b12-8+,24-10?,25-15?. The fourth-order valence-corrected chi connectivity index (χ4v) is 2.57. The molecule has 0 saturated carbocycles. The highest BCUT2D eigenvalue weighted by atomic mass is 19.4. The monoisotopic (exact) mass is 409 g/mol. The first-order valence-electron chi connectivity index (χ1n) is 8.83. The molecule has 29 heavy (non-hydrogen) atoms. The summed E-state index contributed by atoms with van der Waals surface area (Å²) >= 11 is 0. The van der Waals surface area contributed by atoms with Gasteiger partial charge < -0.3 is 20.0 Å². The molecule has 6 nitrogen and oxygen atoms in total. The van der Waals surface area contributed by atoms with E-state index < -0.39 is 41.7 Å². The Morgan fingerprint density at radius 2 is 1.72 bits per heavy atom. The first kappa shape index (κ1) is 22.8. The van der Waals surface area contributed by atoms with Crippen LogP contribution in [0, 0.1) is 17.7 Å². The maximum absolute atomic E-state index is 12.7. The van der Waals surface area contributed by atoms with Crippen molar-refractivity contribution in [1.82, 2.24) is 0 Å². The van der Waals surface area contributed by atoms with Gasteiger partial charge >= 0.3 is 13.3 Å². The molecule has 1 aliphatic rings. The molecule has 0 unspecified atom stereocenters. The van der Waals surface area contributed by atoms with Crippen molar-refractivity contribution in [3.05, 3.63) is 35.4 Å². The van der Waals surface area contributed by atoms with Gasteiger partial charge in [-0.2, -0.15) is 13.2 Å². The van der Waals surface area contributed by atoms with Gasteiger partial charge in [-0.15, -0.1) is 0 Å². The summed E-state index contributed by atoms with van der Waals surface area (Å²) in [4.78, 5) is 12.1. The molecule has 0 aromatic heterocycles. The number of anilines is 1. The third-order valence-corrected chi connectivity index (χ3v) is 5.07. The van der Waals surface area contributed by atoms with Gasteiger partial charge in [0, 0.05) is 11.9 Å². The molecule has 156 valence electrons. The number of hydrogen-bond acceptors (Lipinski definition) is 5. The Kier molecular flexibility index (Phi) is 6.11. The molecule has 10 heteroatoms. The second-order valence-corrected chi connectivity index (χ2v) is 7.77. The summed E-state index contributed by atoms with van der Waals surface area (Å²) in [5, 5.41) is 16.8. The smallest absolute Gasteiger partial charge is 0.399 e. The maximum atomic E-state index is 12.7. The summed E-state index contributed by atoms with van der Waals surface area (Å²) in [5.41, 5.74) is -1.63. The van der Waals surface area contributed by atoms with Gasteiger partial charge in [-0.1, -0.05) is 11.6 Å². The Bertz CT molecular complexity index is 863. The predicted molar refractivity (Wildman–Crippen MR) is 106 cm³/mol. The summed E-state index contributed by atoms with van der Waals surface area (Å²) in [5.74, 6) is -1.03. The van der Waals surface area contributed by atoms with Gasteiger partial charge in [0.05, 0.1) is 16.8 Å². The van der Waals surface area contributed by atoms with E-state index in [1.807, 2.05) is 34.6 Å². The lowest BCUT2D eigenvalue weighted by Gasteiger charge is -2.32. The number of hydrogen-bond donors (Lipinski definition) is 3. The molecule has 0 radical (unpaired) electrons. The summed E-state index contributed by atoms with van der Waals surface area (Å²) in [7, 11) is -0.675. The van der Waals surface area contributed by atoms with Gasteiger partial charge in [-0.3, -0.25) is 10.2 Å². The van der Waals surface area contributed by atoms with Crippen LogP contribution in [0.1, 0.15) is 33.3 Å². The molecule has 1 aromatic carbocycles. The zero-order valence-corrected chi connectivity index (χ0v) is 16.8. The molecule has 1 fully saturated rings.